The van der Waals surface area contributed by atoms with Gasteiger partial charge in [-0.25, -0.2) is 0 Å². The Bertz CT molecular complexity index is 7280. The first kappa shape index (κ1) is 104. The lowest BCUT2D eigenvalue weighted by Crippen LogP contribution is -2.14. The van der Waals surface area contributed by atoms with Crippen molar-refractivity contribution in [1.29, 1.82) is 0 Å². The first-order valence-electron chi connectivity index (χ1n) is 51.8. The first-order chi connectivity index (χ1) is 69.4. The largest absolute Gasteiger partial charge is 0.493 e. The van der Waals surface area contributed by atoms with Crippen LogP contribution in [0.3, 0.4) is 0 Å². The maximum absolute atomic E-state index is 6.33. The molecule has 0 saturated carbocycles. The van der Waals surface area contributed by atoms with Gasteiger partial charge in [0.2, 0.25) is 0 Å². The fourth-order valence-electron chi connectivity index (χ4n) is 23.0. The summed E-state index contributed by atoms with van der Waals surface area (Å²) in [6, 6.07) is 92.4. The van der Waals surface area contributed by atoms with Crippen LogP contribution in [-0.2, 0) is 63.2 Å². The molecule has 0 saturated heterocycles. The highest BCUT2D eigenvalue weighted by Gasteiger charge is 2.31. The van der Waals surface area contributed by atoms with Gasteiger partial charge in [0.15, 0.2) is 0 Å². The molecule has 10 unspecified atom stereocenters. The second-order valence-corrected chi connectivity index (χ2v) is 44.4. The summed E-state index contributed by atoms with van der Waals surface area (Å²) in [7, 11) is 29.0. The molecule has 0 aromatic heterocycles. The molecule has 14 heteroatoms. The number of unbranched alkanes of at least 4 members (excludes halogenated alkanes) is 6. The lowest BCUT2D eigenvalue weighted by Gasteiger charge is -2.31. The monoisotopic (exact) mass is 2050 g/mol. The van der Waals surface area contributed by atoms with Gasteiger partial charge >= 0.3 is 0 Å². The molecule has 0 radical (unpaired) electrons. The van der Waals surface area contributed by atoms with E-state index >= 15 is 0 Å². The van der Waals surface area contributed by atoms with Crippen LogP contribution in [0.5, 0.6) is 23.0 Å². The fourth-order valence-corrected chi connectivity index (χ4v) is 26.9. The Labute approximate surface area is 867 Å². The van der Waals surface area contributed by atoms with Crippen molar-refractivity contribution in [3.8, 4) is 78.6 Å². The van der Waals surface area contributed by atoms with Crippen LogP contribution in [0.4, 0.5) is 0 Å². The standard InChI is InChI=1S/C34H52P2.C25H24O2P2.C24H24P2.C23H20O2P2.C22H20P2/c1-25-23-27-15-9-11-19-31(27)33(29(25)17-7-3-5-13-21-35)34-30(18-8-4-6-14-22-36)26(2)24-28-16-10-12-20-32(28)34;28-14-16-12-22-24(20-8-3-1-6-18(16)20)25-21-9-4-2-7-19(21)17(15-29)13-23(25)27-11-5-10-26-22;1-15-11-17-7-3-5-9-19(17)23(21(15)13-25)24-20-10-6-4-8-18(20)12-16(2)22(24)14-26;26-20-12-18-22(16-8-3-1-6-14(16)20)23-17-9-4-2-7-15(17)21(27)13-19(23)25-11-5-10-24-18;1-13-11-15-7-3-5-9-17(15)19(21(13)23)20-18-10-6-4-8-16(18)12-14(2)22(20)24/h23-24H,3-22,35-36H2,1-2H3;1-4,6-9,12-13H,5,10-11,14-15,28-29H2;3-12H,13-14,25-26H2,1-2H3;1-4,6-9,12-13H,5,10-11,26-27H2;3-12H,23-24H2,1-2H3. The third kappa shape index (κ3) is 22.0. The Morgan fingerprint density at radius 2 is 0.500 bits per heavy atom. The Kier molecular flexibility index (Phi) is 35.3. The average Bonchev–Trinajstić information content (AvgIpc) is 0.834. The van der Waals surface area contributed by atoms with E-state index in [9.17, 15) is 0 Å². The molecule has 0 spiro atoms. The van der Waals surface area contributed by atoms with Crippen molar-refractivity contribution < 1.29 is 18.9 Å². The molecule has 10 atom stereocenters. The predicted molar refractivity (Wildman–Crippen MR) is 657 cm³/mol. The van der Waals surface area contributed by atoms with Gasteiger partial charge in [-0.1, -0.05) is 256 Å². The quantitative estimate of drug-likeness (QED) is 0.0597. The van der Waals surface area contributed by atoms with Gasteiger partial charge < -0.3 is 18.9 Å². The number of aryl methyl sites for hydroxylation is 8. The van der Waals surface area contributed by atoms with Crippen LogP contribution < -0.4 is 40.2 Å². The van der Waals surface area contributed by atoms with Crippen molar-refractivity contribution in [2.45, 2.75) is 195 Å². The molecule has 142 heavy (non-hydrogen) atoms. The van der Waals surface area contributed by atoms with Crippen molar-refractivity contribution in [1.82, 2.24) is 0 Å². The Morgan fingerprint density at radius 3 is 0.831 bits per heavy atom. The van der Waals surface area contributed by atoms with E-state index in [0.29, 0.717) is 26.4 Å². The first-order valence-corrected chi connectivity index (χ1v) is 59.0. The second-order valence-electron chi connectivity index (χ2n) is 39.2. The van der Waals surface area contributed by atoms with Gasteiger partial charge in [-0.3, -0.25) is 0 Å². The molecule has 0 bridgehead atoms. The predicted octanol–water partition coefficient (Wildman–Crippen LogP) is 33.4. The molecule has 18 aromatic rings. The molecule has 2 heterocycles. The van der Waals surface area contributed by atoms with E-state index in [0.717, 1.165) is 93.4 Å². The zero-order chi connectivity index (χ0) is 98.6. The lowest BCUT2D eigenvalue weighted by atomic mass is 9.74. The van der Waals surface area contributed by atoms with Gasteiger partial charge in [0, 0.05) is 35.1 Å². The molecule has 18 aromatic carbocycles. The molecule has 0 fully saturated rings. The van der Waals surface area contributed by atoms with Gasteiger partial charge in [-0.15, -0.1) is 92.4 Å². The van der Waals surface area contributed by atoms with Gasteiger partial charge in [0.1, 0.15) is 23.0 Å². The van der Waals surface area contributed by atoms with Crippen molar-refractivity contribution in [3.05, 3.63) is 344 Å². The molecule has 4 aliphatic rings. The fraction of sp³-hybridized carbons (Fsp3) is 0.281. The number of hydrogen-bond acceptors (Lipinski definition) is 4. The van der Waals surface area contributed by atoms with Crippen LogP contribution in [0.1, 0.15) is 179 Å². The third-order valence-corrected chi connectivity index (χ3v) is 35.0. The summed E-state index contributed by atoms with van der Waals surface area (Å²) in [4.78, 5) is 0. The maximum atomic E-state index is 6.33. The number of rotatable bonds is 19. The minimum absolute atomic E-state index is 0.648. The van der Waals surface area contributed by atoms with E-state index in [1.807, 2.05) is 0 Å². The van der Waals surface area contributed by atoms with Gasteiger partial charge in [0.05, 0.1) is 26.4 Å². The Balaban J connectivity index is 0.000000118. The van der Waals surface area contributed by atoms with Gasteiger partial charge in [0.25, 0.3) is 0 Å². The van der Waals surface area contributed by atoms with Crippen LogP contribution in [0.2, 0.25) is 0 Å². The van der Waals surface area contributed by atoms with E-state index in [-0.39, 0.29) is 0 Å². The van der Waals surface area contributed by atoms with E-state index in [1.165, 1.54) is 291 Å². The van der Waals surface area contributed by atoms with E-state index < -0.39 is 0 Å². The number of benzene rings is 18. The summed E-state index contributed by atoms with van der Waals surface area (Å²) in [6.45, 7) is 16.3. The number of fused-ring (bicyclic) bond motifs is 20. The highest BCUT2D eigenvalue weighted by Crippen LogP contribution is 2.53. The Morgan fingerprint density at radius 1 is 0.225 bits per heavy atom. The van der Waals surface area contributed by atoms with Crippen LogP contribution in [0, 0.1) is 41.5 Å². The second kappa shape index (κ2) is 48.5. The van der Waals surface area contributed by atoms with E-state index in [2.05, 4.69) is 389 Å². The zero-order valence-electron chi connectivity index (χ0n) is 83.9. The van der Waals surface area contributed by atoms with Crippen LogP contribution in [0.25, 0.3) is 142 Å². The molecule has 0 amide bonds. The summed E-state index contributed by atoms with van der Waals surface area (Å²) < 4.78 is 25.1. The summed E-state index contributed by atoms with van der Waals surface area (Å²) >= 11 is 0. The molecule has 2 aliphatic carbocycles. The molecule has 22 rings (SSSR count). The van der Waals surface area contributed by atoms with Gasteiger partial charge in [-0.2, -0.15) is 0 Å². The summed E-state index contributed by atoms with van der Waals surface area (Å²) in [5, 5.41) is 25.2. The van der Waals surface area contributed by atoms with Crippen LogP contribution >= 0.6 is 92.4 Å². The number of hydrogen-bond donors (Lipinski definition) is 0. The molecule has 0 N–H and O–H groups in total. The van der Waals surface area contributed by atoms with E-state index in [4.69, 9.17) is 18.9 Å². The normalized spacial score (nSPS) is 13.2. The molecular formula is C128H140O4P10. The summed E-state index contributed by atoms with van der Waals surface area (Å²) in [5.74, 6) is 3.76. The summed E-state index contributed by atoms with van der Waals surface area (Å²) in [6.07, 6.45) is 32.0. The van der Waals surface area contributed by atoms with Crippen molar-refractivity contribution in [2.75, 3.05) is 38.8 Å². The maximum Gasteiger partial charge on any atom is 0.128 e. The zero-order valence-corrected chi connectivity index (χ0v) is 95.4. The smallest absolute Gasteiger partial charge is 0.128 e. The minimum Gasteiger partial charge on any atom is -0.493 e. The highest BCUT2D eigenvalue weighted by molar-refractivity contribution is 7.29. The topological polar surface area (TPSA) is 36.9 Å². The lowest BCUT2D eigenvalue weighted by molar-refractivity contribution is 0.252. The van der Waals surface area contributed by atoms with Crippen molar-refractivity contribution in [2.24, 2.45) is 0 Å². The number of ether oxygens (including phenoxy) is 4. The Hall–Kier alpha value is -8.46. The van der Waals surface area contributed by atoms with Crippen molar-refractivity contribution >= 4 is 200 Å². The van der Waals surface area contributed by atoms with Crippen LogP contribution in [0.15, 0.2) is 255 Å². The van der Waals surface area contributed by atoms with Gasteiger partial charge in [-0.05, 0) is 422 Å². The average molecular weight is 2050 g/mol. The van der Waals surface area contributed by atoms with Crippen LogP contribution in [-0.4, -0.2) is 38.8 Å². The van der Waals surface area contributed by atoms with Crippen molar-refractivity contribution in [3.63, 3.8) is 0 Å². The molecule has 4 nitrogen and oxygen atoms in total. The highest BCUT2D eigenvalue weighted by atomic mass is 31.0. The molecular weight excluding hydrogens is 1910 g/mol. The minimum atomic E-state index is 0.648. The molecule has 2 aliphatic heterocycles. The molecule has 726 valence electrons. The van der Waals surface area contributed by atoms with E-state index in [1.54, 1.807) is 55.6 Å². The SMILES string of the molecule is Cc1cc2c(c(-c3c(CCCCCCP)c(C)cc4c3CCCC4)c1CCCCCCP)CCCC2.Cc1cc2ccccc2c(-c2c(CP)c(C)cc3ccccc23)c1CP.Cc1cc2ccccc2c(-c2c(P)c(C)cc3ccccc23)c1P.PCc1cc2c(c3ccccc13)-c1c(cc(CP)c3ccccc13)OCCCO2.Pc1cc2c(c3ccccc13)-c1c(cc(P)c3ccccc13)OCCCO2. The third-order valence-electron chi connectivity index (χ3n) is 30.1. The summed E-state index contributed by atoms with van der Waals surface area (Å²) in [5.41, 5.74) is 37.7.